The average Bonchev–Trinajstić information content (AvgIpc) is 3.19. The van der Waals surface area contributed by atoms with Crippen LogP contribution in [0.1, 0.15) is 21.5 Å². The van der Waals surface area contributed by atoms with Gasteiger partial charge in [0.05, 0.1) is 0 Å². The minimum Gasteiger partial charge on any atom is -0.489 e. The zero-order valence-corrected chi connectivity index (χ0v) is 15.8. The van der Waals surface area contributed by atoms with Crippen molar-refractivity contribution < 1.29 is 13.9 Å². The molecule has 0 unspecified atom stereocenters. The predicted molar refractivity (Wildman–Crippen MR) is 108 cm³/mol. The summed E-state index contributed by atoms with van der Waals surface area (Å²) in [6.07, 6.45) is 1.64. The Labute approximate surface area is 164 Å². The fourth-order valence-corrected chi connectivity index (χ4v) is 3.29. The lowest BCUT2D eigenvalue weighted by Gasteiger charge is -2.08. The van der Waals surface area contributed by atoms with E-state index in [9.17, 15) is 9.59 Å². The minimum atomic E-state index is -0.381. The van der Waals surface area contributed by atoms with Gasteiger partial charge in [-0.25, -0.2) is 9.78 Å². The van der Waals surface area contributed by atoms with Gasteiger partial charge in [-0.15, -0.1) is 11.3 Å². The molecule has 0 aliphatic rings. The summed E-state index contributed by atoms with van der Waals surface area (Å²) in [7, 11) is 0. The summed E-state index contributed by atoms with van der Waals surface area (Å²) < 4.78 is 11.0. The Hall–Kier alpha value is -3.45. The maximum atomic E-state index is 12.2. The van der Waals surface area contributed by atoms with Gasteiger partial charge >= 0.3 is 5.63 Å². The highest BCUT2D eigenvalue weighted by atomic mass is 32.1. The van der Waals surface area contributed by atoms with Crippen molar-refractivity contribution in [3.8, 4) is 5.75 Å². The highest BCUT2D eigenvalue weighted by Gasteiger charge is 2.08. The van der Waals surface area contributed by atoms with Crippen molar-refractivity contribution >= 4 is 33.3 Å². The number of hydrogen-bond donors (Lipinski definition) is 1. The SMILES string of the molecule is Cc1cc(=O)oc2cc(OCc3ccc(C(=O)Nc4nccs4)cc3)ccc12. The number of hydrogen-bond acceptors (Lipinski definition) is 6. The lowest BCUT2D eigenvalue weighted by atomic mass is 10.1. The maximum absolute atomic E-state index is 12.2. The molecule has 4 aromatic rings. The zero-order valence-electron chi connectivity index (χ0n) is 15.0. The number of ether oxygens (including phenoxy) is 1. The van der Waals surface area contributed by atoms with E-state index in [0.29, 0.717) is 28.6 Å². The van der Waals surface area contributed by atoms with Gasteiger partial charge < -0.3 is 9.15 Å². The summed E-state index contributed by atoms with van der Waals surface area (Å²) >= 11 is 1.37. The van der Waals surface area contributed by atoms with Gasteiger partial charge in [-0.05, 0) is 42.3 Å². The van der Waals surface area contributed by atoms with Gasteiger partial charge in [-0.3, -0.25) is 10.1 Å². The Balaban J connectivity index is 1.43. The van der Waals surface area contributed by atoms with E-state index in [1.165, 1.54) is 17.4 Å². The van der Waals surface area contributed by atoms with Crippen molar-refractivity contribution in [2.75, 3.05) is 5.32 Å². The van der Waals surface area contributed by atoms with Crippen molar-refractivity contribution in [3.63, 3.8) is 0 Å². The van der Waals surface area contributed by atoms with Gasteiger partial charge in [-0.1, -0.05) is 12.1 Å². The van der Waals surface area contributed by atoms with Crippen molar-refractivity contribution in [2.45, 2.75) is 13.5 Å². The van der Waals surface area contributed by atoms with E-state index in [1.54, 1.807) is 29.8 Å². The number of anilines is 1. The molecular formula is C21H16N2O4S. The highest BCUT2D eigenvalue weighted by molar-refractivity contribution is 7.13. The van der Waals surface area contributed by atoms with Crippen LogP contribution in [0.5, 0.6) is 5.75 Å². The van der Waals surface area contributed by atoms with Crippen LogP contribution in [0.4, 0.5) is 5.13 Å². The largest absolute Gasteiger partial charge is 0.489 e. The first-order valence-electron chi connectivity index (χ1n) is 8.55. The first kappa shape index (κ1) is 17.9. The number of thiazole rings is 1. The Morgan fingerprint density at radius 1 is 1.18 bits per heavy atom. The van der Waals surface area contributed by atoms with Crippen molar-refractivity contribution in [1.29, 1.82) is 0 Å². The predicted octanol–water partition coefficient (Wildman–Crippen LogP) is 4.39. The Morgan fingerprint density at radius 3 is 2.75 bits per heavy atom. The number of aryl methyl sites for hydroxylation is 1. The minimum absolute atomic E-state index is 0.206. The molecule has 1 N–H and O–H groups in total. The second-order valence-electron chi connectivity index (χ2n) is 6.18. The van der Waals surface area contributed by atoms with E-state index in [1.807, 2.05) is 31.2 Å². The van der Waals surface area contributed by atoms with Gasteiger partial charge in [0.2, 0.25) is 0 Å². The highest BCUT2D eigenvalue weighted by Crippen LogP contribution is 2.23. The van der Waals surface area contributed by atoms with E-state index >= 15 is 0 Å². The molecule has 0 saturated heterocycles. The molecular weight excluding hydrogens is 376 g/mol. The number of carbonyl (C=O) groups excluding carboxylic acids is 1. The number of aromatic nitrogens is 1. The topological polar surface area (TPSA) is 81.4 Å². The molecule has 4 rings (SSSR count). The normalized spacial score (nSPS) is 10.8. The monoisotopic (exact) mass is 392 g/mol. The number of nitrogens with one attached hydrogen (secondary N) is 1. The first-order chi connectivity index (χ1) is 13.6. The number of fused-ring (bicyclic) bond motifs is 1. The molecule has 0 radical (unpaired) electrons. The quantitative estimate of drug-likeness (QED) is 0.510. The number of amides is 1. The van der Waals surface area contributed by atoms with Crippen LogP contribution >= 0.6 is 11.3 Å². The van der Waals surface area contributed by atoms with Crippen molar-refractivity contribution in [3.05, 3.63) is 87.2 Å². The standard InChI is InChI=1S/C21H16N2O4S/c1-13-10-19(24)27-18-11-16(6-7-17(13)18)26-12-14-2-4-15(5-3-14)20(25)23-21-22-8-9-28-21/h2-11H,12H2,1H3,(H,22,23,25). The van der Waals surface area contributed by atoms with Crippen LogP contribution in [0.2, 0.25) is 0 Å². The fraction of sp³-hybridized carbons (Fsp3) is 0.0952. The number of benzene rings is 2. The van der Waals surface area contributed by atoms with E-state index in [4.69, 9.17) is 9.15 Å². The summed E-state index contributed by atoms with van der Waals surface area (Å²) in [6, 6.07) is 14.0. The third-order valence-corrected chi connectivity index (χ3v) is 4.89. The molecule has 0 aliphatic heterocycles. The molecule has 6 nitrogen and oxygen atoms in total. The van der Waals surface area contributed by atoms with Crippen LogP contribution < -0.4 is 15.7 Å². The summed E-state index contributed by atoms with van der Waals surface area (Å²) in [4.78, 5) is 27.7. The summed E-state index contributed by atoms with van der Waals surface area (Å²) in [6.45, 7) is 2.20. The third-order valence-electron chi connectivity index (χ3n) is 4.20. The fourth-order valence-electron chi connectivity index (χ4n) is 2.77. The van der Waals surface area contributed by atoms with E-state index in [2.05, 4.69) is 10.3 Å². The summed E-state index contributed by atoms with van der Waals surface area (Å²) in [5.41, 5.74) is 2.44. The molecule has 0 aliphatic carbocycles. The Morgan fingerprint density at radius 2 is 2.00 bits per heavy atom. The van der Waals surface area contributed by atoms with Crippen LogP contribution in [0, 0.1) is 6.92 Å². The van der Waals surface area contributed by atoms with E-state index in [0.717, 1.165) is 16.5 Å². The molecule has 0 saturated carbocycles. The Bertz CT molecular complexity index is 1180. The van der Waals surface area contributed by atoms with Gasteiger partial charge in [-0.2, -0.15) is 0 Å². The molecule has 7 heteroatoms. The molecule has 2 aromatic carbocycles. The van der Waals surface area contributed by atoms with Crippen LogP contribution in [-0.4, -0.2) is 10.9 Å². The second-order valence-corrected chi connectivity index (χ2v) is 7.08. The first-order valence-corrected chi connectivity index (χ1v) is 9.43. The van der Waals surface area contributed by atoms with Gasteiger partial charge in [0, 0.05) is 34.7 Å². The van der Waals surface area contributed by atoms with Crippen LogP contribution in [-0.2, 0) is 6.61 Å². The average molecular weight is 392 g/mol. The zero-order chi connectivity index (χ0) is 19.5. The number of nitrogens with zero attached hydrogens (tertiary/aromatic N) is 1. The Kier molecular flexibility index (Phi) is 4.90. The summed E-state index contributed by atoms with van der Waals surface area (Å²) in [5, 5.41) is 5.99. The third kappa shape index (κ3) is 3.94. The van der Waals surface area contributed by atoms with E-state index in [-0.39, 0.29) is 11.5 Å². The lowest BCUT2D eigenvalue weighted by Crippen LogP contribution is -2.11. The maximum Gasteiger partial charge on any atom is 0.336 e. The van der Waals surface area contributed by atoms with Crippen LogP contribution in [0.25, 0.3) is 11.0 Å². The van der Waals surface area contributed by atoms with Crippen LogP contribution in [0.15, 0.2) is 69.3 Å². The van der Waals surface area contributed by atoms with Gasteiger partial charge in [0.15, 0.2) is 5.13 Å². The molecule has 2 aromatic heterocycles. The molecule has 2 heterocycles. The molecule has 0 fully saturated rings. The van der Waals surface area contributed by atoms with Crippen molar-refractivity contribution in [1.82, 2.24) is 4.98 Å². The lowest BCUT2D eigenvalue weighted by molar-refractivity contribution is 0.102. The van der Waals surface area contributed by atoms with Crippen molar-refractivity contribution in [2.24, 2.45) is 0 Å². The number of rotatable bonds is 5. The van der Waals surface area contributed by atoms with Gasteiger partial charge in [0.25, 0.3) is 5.91 Å². The molecule has 1 amide bonds. The molecule has 0 atom stereocenters. The smallest absolute Gasteiger partial charge is 0.336 e. The molecule has 0 spiro atoms. The van der Waals surface area contributed by atoms with Crippen LogP contribution in [0.3, 0.4) is 0 Å². The number of carbonyl (C=O) groups is 1. The second kappa shape index (κ2) is 7.66. The molecule has 0 bridgehead atoms. The molecule has 28 heavy (non-hydrogen) atoms. The molecule has 140 valence electrons. The van der Waals surface area contributed by atoms with Gasteiger partial charge in [0.1, 0.15) is 17.9 Å². The van der Waals surface area contributed by atoms with E-state index < -0.39 is 0 Å². The summed E-state index contributed by atoms with van der Waals surface area (Å²) in [5.74, 6) is 0.397.